The molecule has 100 valence electrons. The number of aryl methyl sites for hydroxylation is 1. The Hall–Kier alpha value is -2.62. The summed E-state index contributed by atoms with van der Waals surface area (Å²) in [5.74, 6) is 1.99. The molecule has 0 amide bonds. The van der Waals surface area contributed by atoms with Crippen molar-refractivity contribution in [3.63, 3.8) is 0 Å². The Morgan fingerprint density at radius 3 is 2.45 bits per heavy atom. The number of nitrogens with two attached hydrogens (primary N) is 1. The summed E-state index contributed by atoms with van der Waals surface area (Å²) in [6.07, 6.45) is 0. The average molecular weight is 265 g/mol. The van der Waals surface area contributed by atoms with Gasteiger partial charge in [0.15, 0.2) is 5.82 Å². The van der Waals surface area contributed by atoms with E-state index in [2.05, 4.69) is 16.0 Å². The molecule has 2 N–H and O–H groups in total. The molecule has 2 aromatic carbocycles. The molecule has 20 heavy (non-hydrogen) atoms. The number of methoxy groups -OCH3 is 1. The van der Waals surface area contributed by atoms with Crippen molar-refractivity contribution in [1.29, 1.82) is 0 Å². The SMILES string of the molecule is COc1ccc2cc(-c3nc(C)cc(N)n3)ccc2c1. The Morgan fingerprint density at radius 2 is 1.70 bits per heavy atom. The summed E-state index contributed by atoms with van der Waals surface area (Å²) in [5, 5.41) is 2.24. The lowest BCUT2D eigenvalue weighted by atomic mass is 10.1. The van der Waals surface area contributed by atoms with E-state index in [1.54, 1.807) is 13.2 Å². The van der Waals surface area contributed by atoms with Crippen LogP contribution >= 0.6 is 0 Å². The number of hydrogen-bond acceptors (Lipinski definition) is 4. The van der Waals surface area contributed by atoms with Crippen molar-refractivity contribution in [2.45, 2.75) is 6.92 Å². The zero-order chi connectivity index (χ0) is 14.1. The highest BCUT2D eigenvalue weighted by Crippen LogP contribution is 2.25. The van der Waals surface area contributed by atoms with Crippen LogP contribution in [0.25, 0.3) is 22.2 Å². The third-order valence-corrected chi connectivity index (χ3v) is 3.18. The number of benzene rings is 2. The molecule has 0 atom stereocenters. The molecule has 0 spiro atoms. The van der Waals surface area contributed by atoms with Crippen LogP contribution in [-0.2, 0) is 0 Å². The lowest BCUT2D eigenvalue weighted by Gasteiger charge is -2.06. The number of anilines is 1. The summed E-state index contributed by atoms with van der Waals surface area (Å²) in [4.78, 5) is 8.72. The molecule has 0 unspecified atom stereocenters. The number of hydrogen-bond donors (Lipinski definition) is 1. The molecule has 0 fully saturated rings. The van der Waals surface area contributed by atoms with E-state index in [-0.39, 0.29) is 0 Å². The van der Waals surface area contributed by atoms with Gasteiger partial charge in [-0.3, -0.25) is 0 Å². The molecule has 0 saturated heterocycles. The van der Waals surface area contributed by atoms with Crippen molar-refractivity contribution in [2.75, 3.05) is 12.8 Å². The molecular weight excluding hydrogens is 250 g/mol. The van der Waals surface area contributed by atoms with Gasteiger partial charge < -0.3 is 10.5 Å². The molecule has 0 saturated carbocycles. The largest absolute Gasteiger partial charge is 0.497 e. The van der Waals surface area contributed by atoms with E-state index in [9.17, 15) is 0 Å². The van der Waals surface area contributed by atoms with Gasteiger partial charge in [0, 0.05) is 17.3 Å². The molecule has 3 aromatic rings. The topological polar surface area (TPSA) is 61.0 Å². The van der Waals surface area contributed by atoms with Crippen LogP contribution < -0.4 is 10.5 Å². The quantitative estimate of drug-likeness (QED) is 0.773. The Labute approximate surface area is 117 Å². The van der Waals surface area contributed by atoms with Crippen LogP contribution in [0.3, 0.4) is 0 Å². The normalized spacial score (nSPS) is 10.7. The van der Waals surface area contributed by atoms with E-state index >= 15 is 0 Å². The summed E-state index contributed by atoms with van der Waals surface area (Å²) >= 11 is 0. The second kappa shape index (κ2) is 4.81. The van der Waals surface area contributed by atoms with Gasteiger partial charge in [-0.15, -0.1) is 0 Å². The number of nitrogen functional groups attached to an aromatic ring is 1. The monoisotopic (exact) mass is 265 g/mol. The lowest BCUT2D eigenvalue weighted by Crippen LogP contribution is -1.97. The second-order valence-electron chi connectivity index (χ2n) is 4.69. The maximum atomic E-state index is 5.78. The smallest absolute Gasteiger partial charge is 0.161 e. The zero-order valence-electron chi connectivity index (χ0n) is 11.4. The average Bonchev–Trinajstić information content (AvgIpc) is 2.45. The minimum absolute atomic E-state index is 0.488. The van der Waals surface area contributed by atoms with Gasteiger partial charge in [0.1, 0.15) is 11.6 Å². The highest BCUT2D eigenvalue weighted by Gasteiger charge is 2.05. The third-order valence-electron chi connectivity index (χ3n) is 3.18. The molecule has 0 radical (unpaired) electrons. The van der Waals surface area contributed by atoms with Crippen molar-refractivity contribution < 1.29 is 4.74 Å². The molecule has 4 heteroatoms. The lowest BCUT2D eigenvalue weighted by molar-refractivity contribution is 0.415. The van der Waals surface area contributed by atoms with E-state index in [1.165, 1.54) is 0 Å². The Bertz CT molecular complexity index is 764. The Morgan fingerprint density at radius 1 is 0.950 bits per heavy atom. The summed E-state index contributed by atoms with van der Waals surface area (Å²) in [7, 11) is 1.67. The van der Waals surface area contributed by atoms with Crippen LogP contribution in [0.15, 0.2) is 42.5 Å². The molecule has 1 heterocycles. The zero-order valence-corrected chi connectivity index (χ0v) is 11.4. The van der Waals surface area contributed by atoms with E-state index < -0.39 is 0 Å². The van der Waals surface area contributed by atoms with Gasteiger partial charge in [-0.25, -0.2) is 9.97 Å². The third kappa shape index (κ3) is 2.28. The Balaban J connectivity index is 2.12. The molecular formula is C16H15N3O. The first-order valence-corrected chi connectivity index (χ1v) is 6.35. The summed E-state index contributed by atoms with van der Waals surface area (Å²) in [5.41, 5.74) is 7.60. The highest BCUT2D eigenvalue weighted by molar-refractivity contribution is 5.87. The fourth-order valence-corrected chi connectivity index (χ4v) is 2.21. The number of ether oxygens (including phenoxy) is 1. The number of aromatic nitrogens is 2. The van der Waals surface area contributed by atoms with Gasteiger partial charge in [-0.05, 0) is 35.9 Å². The Kier molecular flexibility index (Phi) is 2.99. The van der Waals surface area contributed by atoms with Crippen molar-refractivity contribution >= 4 is 16.6 Å². The highest BCUT2D eigenvalue weighted by atomic mass is 16.5. The van der Waals surface area contributed by atoms with Crippen LogP contribution in [0.2, 0.25) is 0 Å². The minimum atomic E-state index is 0.488. The molecule has 0 aliphatic heterocycles. The van der Waals surface area contributed by atoms with Crippen LogP contribution in [0.4, 0.5) is 5.82 Å². The summed E-state index contributed by atoms with van der Waals surface area (Å²) in [6.45, 7) is 1.91. The number of fused-ring (bicyclic) bond motifs is 1. The van der Waals surface area contributed by atoms with Gasteiger partial charge in [0.25, 0.3) is 0 Å². The maximum Gasteiger partial charge on any atom is 0.161 e. The van der Waals surface area contributed by atoms with Crippen molar-refractivity contribution in [1.82, 2.24) is 9.97 Å². The fourth-order valence-electron chi connectivity index (χ4n) is 2.21. The van der Waals surface area contributed by atoms with E-state index in [0.717, 1.165) is 27.8 Å². The van der Waals surface area contributed by atoms with Crippen LogP contribution in [-0.4, -0.2) is 17.1 Å². The molecule has 1 aromatic heterocycles. The predicted molar refractivity (Wildman–Crippen MR) is 80.7 cm³/mol. The van der Waals surface area contributed by atoms with E-state index in [1.807, 2.05) is 37.3 Å². The molecule has 3 rings (SSSR count). The van der Waals surface area contributed by atoms with Crippen LogP contribution in [0.5, 0.6) is 5.75 Å². The van der Waals surface area contributed by atoms with Gasteiger partial charge in [-0.1, -0.05) is 18.2 Å². The molecule has 4 nitrogen and oxygen atoms in total. The fraction of sp³-hybridized carbons (Fsp3) is 0.125. The maximum absolute atomic E-state index is 5.78. The number of rotatable bonds is 2. The van der Waals surface area contributed by atoms with Gasteiger partial charge in [-0.2, -0.15) is 0 Å². The number of nitrogens with zero attached hydrogens (tertiary/aromatic N) is 2. The molecule has 0 aliphatic rings. The van der Waals surface area contributed by atoms with Gasteiger partial charge in [0.2, 0.25) is 0 Å². The van der Waals surface area contributed by atoms with Crippen molar-refractivity contribution in [2.24, 2.45) is 0 Å². The molecule has 0 aliphatic carbocycles. The van der Waals surface area contributed by atoms with Crippen LogP contribution in [0, 0.1) is 6.92 Å². The van der Waals surface area contributed by atoms with E-state index in [4.69, 9.17) is 10.5 Å². The van der Waals surface area contributed by atoms with Crippen LogP contribution in [0.1, 0.15) is 5.69 Å². The first kappa shape index (κ1) is 12.4. The van der Waals surface area contributed by atoms with Gasteiger partial charge >= 0.3 is 0 Å². The first-order valence-electron chi connectivity index (χ1n) is 6.35. The second-order valence-corrected chi connectivity index (χ2v) is 4.69. The van der Waals surface area contributed by atoms with Gasteiger partial charge in [0.05, 0.1) is 7.11 Å². The summed E-state index contributed by atoms with van der Waals surface area (Å²) < 4.78 is 5.23. The summed E-state index contributed by atoms with van der Waals surface area (Å²) in [6, 6.07) is 13.8. The standard InChI is InChI=1S/C16H15N3O/c1-10-7-15(17)19-16(18-10)13-4-3-12-9-14(20-2)6-5-11(12)8-13/h3-9H,1-2H3,(H2,17,18,19). The predicted octanol–water partition coefficient (Wildman–Crippen LogP) is 3.20. The first-order chi connectivity index (χ1) is 9.65. The minimum Gasteiger partial charge on any atom is -0.497 e. The molecule has 0 bridgehead atoms. The van der Waals surface area contributed by atoms with Crippen molar-refractivity contribution in [3.05, 3.63) is 48.2 Å². The van der Waals surface area contributed by atoms with E-state index in [0.29, 0.717) is 11.6 Å². The van der Waals surface area contributed by atoms with Crippen molar-refractivity contribution in [3.8, 4) is 17.1 Å².